The van der Waals surface area contributed by atoms with E-state index in [1.165, 1.54) is 0 Å². The highest BCUT2D eigenvalue weighted by Crippen LogP contribution is 2.48. The van der Waals surface area contributed by atoms with Crippen LogP contribution in [-0.4, -0.2) is 24.4 Å². The van der Waals surface area contributed by atoms with Crippen molar-refractivity contribution in [1.82, 2.24) is 10.6 Å². The highest BCUT2D eigenvalue weighted by atomic mass is 16.2. The maximum Gasteiger partial charge on any atom is 0.242 e. The molecule has 0 saturated heterocycles. The summed E-state index contributed by atoms with van der Waals surface area (Å²) >= 11 is 0. The van der Waals surface area contributed by atoms with E-state index in [0.29, 0.717) is 12.2 Å². The standard InChI is InChI=1S/C16H23N3O2/c1-3-10-18-14(20)11(2)19-15(21)16(8-9-16)12-4-6-13(17)7-5-12/h4-7,11H,3,8-10,17H2,1-2H3,(H,18,20)(H,19,21). The summed E-state index contributed by atoms with van der Waals surface area (Å²) in [5.74, 6) is -0.218. The van der Waals surface area contributed by atoms with Crippen molar-refractivity contribution in [2.75, 3.05) is 12.3 Å². The van der Waals surface area contributed by atoms with Crippen molar-refractivity contribution >= 4 is 17.5 Å². The summed E-state index contributed by atoms with van der Waals surface area (Å²) in [6, 6.07) is 6.88. The van der Waals surface area contributed by atoms with Crippen LogP contribution in [0, 0.1) is 0 Å². The van der Waals surface area contributed by atoms with Crippen LogP contribution >= 0.6 is 0 Å². The molecule has 1 aromatic carbocycles. The average molecular weight is 289 g/mol. The Balaban J connectivity index is 1.99. The molecule has 2 rings (SSSR count). The number of nitrogens with two attached hydrogens (primary N) is 1. The molecular formula is C16H23N3O2. The van der Waals surface area contributed by atoms with Crippen LogP contribution in [0.2, 0.25) is 0 Å². The fourth-order valence-corrected chi connectivity index (χ4v) is 2.38. The summed E-state index contributed by atoms with van der Waals surface area (Å²) in [5, 5.41) is 5.61. The van der Waals surface area contributed by atoms with Gasteiger partial charge in [-0.1, -0.05) is 19.1 Å². The third-order valence-electron chi connectivity index (χ3n) is 3.94. The second-order valence-corrected chi connectivity index (χ2v) is 5.69. The molecule has 1 unspecified atom stereocenters. The molecule has 0 spiro atoms. The molecule has 1 aromatic rings. The number of anilines is 1. The molecule has 2 amide bonds. The number of nitrogen functional groups attached to an aromatic ring is 1. The topological polar surface area (TPSA) is 84.2 Å². The molecule has 0 aromatic heterocycles. The molecule has 1 aliphatic rings. The van der Waals surface area contributed by atoms with E-state index in [-0.39, 0.29) is 11.8 Å². The van der Waals surface area contributed by atoms with Crippen molar-refractivity contribution in [2.24, 2.45) is 0 Å². The van der Waals surface area contributed by atoms with Crippen LogP contribution in [-0.2, 0) is 15.0 Å². The van der Waals surface area contributed by atoms with E-state index in [1.807, 2.05) is 19.1 Å². The van der Waals surface area contributed by atoms with E-state index >= 15 is 0 Å². The number of carbonyl (C=O) groups is 2. The zero-order valence-corrected chi connectivity index (χ0v) is 12.6. The first-order chi connectivity index (χ1) is 9.99. The van der Waals surface area contributed by atoms with Crippen LogP contribution in [0.5, 0.6) is 0 Å². The van der Waals surface area contributed by atoms with Gasteiger partial charge in [0.15, 0.2) is 0 Å². The highest BCUT2D eigenvalue weighted by Gasteiger charge is 2.51. The van der Waals surface area contributed by atoms with Crippen LogP contribution in [0.15, 0.2) is 24.3 Å². The van der Waals surface area contributed by atoms with Gasteiger partial charge in [0, 0.05) is 12.2 Å². The lowest BCUT2D eigenvalue weighted by Gasteiger charge is -2.19. The first-order valence-electron chi connectivity index (χ1n) is 7.44. The molecule has 1 fully saturated rings. The zero-order valence-electron chi connectivity index (χ0n) is 12.6. The van der Waals surface area contributed by atoms with Gasteiger partial charge >= 0.3 is 0 Å². The maximum atomic E-state index is 12.5. The summed E-state index contributed by atoms with van der Waals surface area (Å²) in [5.41, 5.74) is 6.85. The van der Waals surface area contributed by atoms with E-state index in [1.54, 1.807) is 19.1 Å². The number of rotatable bonds is 6. The lowest BCUT2D eigenvalue weighted by molar-refractivity contribution is -0.129. The molecule has 1 atom stereocenters. The van der Waals surface area contributed by atoms with Gasteiger partial charge in [0.05, 0.1) is 5.41 Å². The van der Waals surface area contributed by atoms with Crippen molar-refractivity contribution in [3.8, 4) is 0 Å². The molecule has 21 heavy (non-hydrogen) atoms. The van der Waals surface area contributed by atoms with Crippen molar-refractivity contribution < 1.29 is 9.59 Å². The predicted octanol–water partition coefficient (Wildman–Crippen LogP) is 1.33. The van der Waals surface area contributed by atoms with Crippen LogP contribution in [0.4, 0.5) is 5.69 Å². The van der Waals surface area contributed by atoms with E-state index in [9.17, 15) is 9.59 Å². The number of carbonyl (C=O) groups excluding carboxylic acids is 2. The first-order valence-corrected chi connectivity index (χ1v) is 7.44. The van der Waals surface area contributed by atoms with Crippen LogP contribution in [0.1, 0.15) is 38.7 Å². The number of amides is 2. The normalized spacial score (nSPS) is 16.9. The molecule has 0 aliphatic heterocycles. The molecule has 1 aliphatic carbocycles. The average Bonchev–Trinajstić information content (AvgIpc) is 3.27. The third-order valence-corrected chi connectivity index (χ3v) is 3.94. The Morgan fingerprint density at radius 3 is 2.43 bits per heavy atom. The van der Waals surface area contributed by atoms with Gasteiger partial charge in [-0.2, -0.15) is 0 Å². The van der Waals surface area contributed by atoms with E-state index in [2.05, 4.69) is 10.6 Å². The Morgan fingerprint density at radius 2 is 1.90 bits per heavy atom. The predicted molar refractivity (Wildman–Crippen MR) is 82.7 cm³/mol. The van der Waals surface area contributed by atoms with Gasteiger partial charge in [-0.25, -0.2) is 0 Å². The Kier molecular flexibility index (Phi) is 4.50. The Hall–Kier alpha value is -2.04. The first kappa shape index (κ1) is 15.4. The van der Waals surface area contributed by atoms with Gasteiger partial charge in [-0.3, -0.25) is 9.59 Å². The molecule has 5 nitrogen and oxygen atoms in total. The number of nitrogens with one attached hydrogen (secondary N) is 2. The Labute approximate surface area is 125 Å². The molecule has 0 bridgehead atoms. The summed E-state index contributed by atoms with van der Waals surface area (Å²) < 4.78 is 0. The number of hydrogen-bond acceptors (Lipinski definition) is 3. The van der Waals surface area contributed by atoms with Crippen molar-refractivity contribution in [2.45, 2.75) is 44.6 Å². The van der Waals surface area contributed by atoms with Crippen LogP contribution in [0.3, 0.4) is 0 Å². The van der Waals surface area contributed by atoms with Gasteiger partial charge in [0.2, 0.25) is 11.8 Å². The van der Waals surface area contributed by atoms with Gasteiger partial charge < -0.3 is 16.4 Å². The van der Waals surface area contributed by atoms with Crippen LogP contribution < -0.4 is 16.4 Å². The van der Waals surface area contributed by atoms with E-state index in [0.717, 1.165) is 24.8 Å². The molecule has 114 valence electrons. The molecular weight excluding hydrogens is 266 g/mol. The maximum absolute atomic E-state index is 12.5. The lowest BCUT2D eigenvalue weighted by atomic mass is 9.94. The monoisotopic (exact) mass is 289 g/mol. The highest BCUT2D eigenvalue weighted by molar-refractivity contribution is 5.95. The second kappa shape index (κ2) is 6.16. The fraction of sp³-hybridized carbons (Fsp3) is 0.500. The summed E-state index contributed by atoms with van der Waals surface area (Å²) in [4.78, 5) is 24.3. The number of hydrogen-bond donors (Lipinski definition) is 3. The zero-order chi connectivity index (χ0) is 15.5. The van der Waals surface area contributed by atoms with Gasteiger partial charge in [-0.15, -0.1) is 0 Å². The molecule has 5 heteroatoms. The summed E-state index contributed by atoms with van der Waals surface area (Å²) in [6.45, 7) is 4.33. The van der Waals surface area contributed by atoms with Crippen LogP contribution in [0.25, 0.3) is 0 Å². The molecule has 0 heterocycles. The van der Waals surface area contributed by atoms with Gasteiger partial charge in [0.25, 0.3) is 0 Å². The molecule has 0 radical (unpaired) electrons. The third kappa shape index (κ3) is 3.35. The van der Waals surface area contributed by atoms with Gasteiger partial charge in [0.1, 0.15) is 6.04 Å². The van der Waals surface area contributed by atoms with E-state index < -0.39 is 11.5 Å². The minimum atomic E-state index is -0.518. The smallest absolute Gasteiger partial charge is 0.242 e. The Morgan fingerprint density at radius 1 is 1.29 bits per heavy atom. The largest absolute Gasteiger partial charge is 0.399 e. The van der Waals surface area contributed by atoms with Crippen molar-refractivity contribution in [1.29, 1.82) is 0 Å². The van der Waals surface area contributed by atoms with Crippen molar-refractivity contribution in [3.63, 3.8) is 0 Å². The minimum Gasteiger partial charge on any atom is -0.399 e. The van der Waals surface area contributed by atoms with Crippen molar-refractivity contribution in [3.05, 3.63) is 29.8 Å². The summed E-state index contributed by atoms with van der Waals surface area (Å²) in [6.07, 6.45) is 2.50. The quantitative estimate of drug-likeness (QED) is 0.691. The van der Waals surface area contributed by atoms with Gasteiger partial charge in [-0.05, 0) is 43.9 Å². The minimum absolute atomic E-state index is 0.0774. The summed E-state index contributed by atoms with van der Waals surface area (Å²) in [7, 11) is 0. The van der Waals surface area contributed by atoms with E-state index in [4.69, 9.17) is 5.73 Å². The molecule has 1 saturated carbocycles. The second-order valence-electron chi connectivity index (χ2n) is 5.69. The fourth-order valence-electron chi connectivity index (χ4n) is 2.38. The number of benzene rings is 1. The SMILES string of the molecule is CCCNC(=O)C(C)NC(=O)C1(c2ccc(N)cc2)CC1. The lowest BCUT2D eigenvalue weighted by Crippen LogP contribution is -2.48. The Bertz CT molecular complexity index is 521. The molecule has 4 N–H and O–H groups in total.